The van der Waals surface area contributed by atoms with E-state index in [9.17, 15) is 0 Å². The number of nitrogens with zero attached hydrogens (tertiary/aromatic N) is 2. The second-order valence-corrected chi connectivity index (χ2v) is 7.39. The summed E-state index contributed by atoms with van der Waals surface area (Å²) < 4.78 is 2.08. The van der Waals surface area contributed by atoms with E-state index in [1.165, 1.54) is 22.3 Å². The smallest absolute Gasteiger partial charge is 0.133 e. The number of hydrogen-bond acceptors (Lipinski definition) is 2. The second-order valence-electron chi connectivity index (χ2n) is 7.39. The molecule has 0 bridgehead atoms. The van der Waals surface area contributed by atoms with Gasteiger partial charge in [0.2, 0.25) is 0 Å². The van der Waals surface area contributed by atoms with Crippen LogP contribution in [0.1, 0.15) is 33.9 Å². The van der Waals surface area contributed by atoms with Gasteiger partial charge in [0.25, 0.3) is 0 Å². The van der Waals surface area contributed by atoms with Gasteiger partial charge in [-0.1, -0.05) is 78.4 Å². The highest BCUT2D eigenvalue weighted by Crippen LogP contribution is 2.38. The Hall–Kier alpha value is -3.33. The first-order chi connectivity index (χ1) is 13.8. The van der Waals surface area contributed by atoms with E-state index >= 15 is 0 Å². The lowest BCUT2D eigenvalue weighted by Gasteiger charge is -2.17. The van der Waals surface area contributed by atoms with Crippen LogP contribution in [0.5, 0.6) is 0 Å². The standard InChI is InChI=1S/C25H23N3/c1-18-12-14-21(15-13-18)28-25-22(16-17-26-25)24(27-28)23(19-8-4-2-5-9-19)20-10-6-3-7-11-20/h2-15,23,26H,16-17H2,1H3. The Bertz CT molecular complexity index is 1040. The fourth-order valence-corrected chi connectivity index (χ4v) is 4.11. The topological polar surface area (TPSA) is 29.9 Å². The molecule has 0 saturated heterocycles. The van der Waals surface area contributed by atoms with Crippen molar-refractivity contribution in [3.63, 3.8) is 0 Å². The van der Waals surface area contributed by atoms with Gasteiger partial charge in [-0.3, -0.25) is 0 Å². The Labute approximate surface area is 165 Å². The zero-order valence-electron chi connectivity index (χ0n) is 16.0. The molecule has 2 heterocycles. The number of anilines is 1. The fourth-order valence-electron chi connectivity index (χ4n) is 4.11. The predicted octanol–water partition coefficient (Wildman–Crippen LogP) is 5.33. The van der Waals surface area contributed by atoms with Gasteiger partial charge in [-0.05, 0) is 36.6 Å². The summed E-state index contributed by atoms with van der Waals surface area (Å²) in [4.78, 5) is 0. The molecule has 0 unspecified atom stereocenters. The van der Waals surface area contributed by atoms with Gasteiger partial charge in [0.1, 0.15) is 5.82 Å². The summed E-state index contributed by atoms with van der Waals surface area (Å²) in [6.45, 7) is 3.07. The Morgan fingerprint density at radius 3 is 2.04 bits per heavy atom. The molecule has 1 aromatic heterocycles. The van der Waals surface area contributed by atoms with Crippen LogP contribution in [0, 0.1) is 6.92 Å². The normalized spacial score (nSPS) is 12.8. The molecule has 0 amide bonds. The van der Waals surface area contributed by atoms with Gasteiger partial charge in [-0.15, -0.1) is 0 Å². The van der Waals surface area contributed by atoms with Crippen LogP contribution in [0.15, 0.2) is 84.9 Å². The van der Waals surface area contributed by atoms with E-state index in [2.05, 4.69) is 102 Å². The maximum atomic E-state index is 5.14. The molecule has 1 N–H and O–H groups in total. The fraction of sp³-hybridized carbons (Fsp3) is 0.160. The lowest BCUT2D eigenvalue weighted by molar-refractivity contribution is 0.802. The van der Waals surface area contributed by atoms with Crippen molar-refractivity contribution in [3.8, 4) is 5.69 Å². The molecular formula is C25H23N3. The van der Waals surface area contributed by atoms with E-state index in [1.807, 2.05) is 0 Å². The second kappa shape index (κ2) is 7.01. The number of hydrogen-bond donors (Lipinski definition) is 1. The van der Waals surface area contributed by atoms with Crippen LogP contribution in [0.25, 0.3) is 5.69 Å². The minimum atomic E-state index is 0.128. The molecule has 1 aliphatic heterocycles. The summed E-state index contributed by atoms with van der Waals surface area (Å²) in [5.41, 5.74) is 7.39. The third-order valence-electron chi connectivity index (χ3n) is 5.50. The Morgan fingerprint density at radius 1 is 0.821 bits per heavy atom. The van der Waals surface area contributed by atoms with E-state index < -0.39 is 0 Å². The molecule has 28 heavy (non-hydrogen) atoms. The van der Waals surface area contributed by atoms with Crippen LogP contribution >= 0.6 is 0 Å². The first-order valence-corrected chi connectivity index (χ1v) is 9.84. The average Bonchev–Trinajstić information content (AvgIpc) is 3.35. The van der Waals surface area contributed by atoms with Gasteiger partial charge in [-0.25, -0.2) is 4.68 Å². The van der Waals surface area contributed by atoms with E-state index in [-0.39, 0.29) is 5.92 Å². The van der Waals surface area contributed by atoms with Crippen LogP contribution in [-0.4, -0.2) is 16.3 Å². The monoisotopic (exact) mass is 365 g/mol. The van der Waals surface area contributed by atoms with E-state index in [0.717, 1.165) is 30.2 Å². The molecule has 3 heteroatoms. The molecular weight excluding hydrogens is 342 g/mol. The molecule has 0 spiro atoms. The van der Waals surface area contributed by atoms with Crippen LogP contribution in [0.2, 0.25) is 0 Å². The highest BCUT2D eigenvalue weighted by Gasteiger charge is 2.29. The molecule has 5 rings (SSSR count). The lowest BCUT2D eigenvalue weighted by atomic mass is 9.86. The highest BCUT2D eigenvalue weighted by atomic mass is 15.3. The highest BCUT2D eigenvalue weighted by molar-refractivity contribution is 5.60. The summed E-state index contributed by atoms with van der Waals surface area (Å²) in [5, 5.41) is 8.70. The van der Waals surface area contributed by atoms with Crippen LogP contribution in [0.4, 0.5) is 5.82 Å². The molecule has 0 fully saturated rings. The van der Waals surface area contributed by atoms with Gasteiger partial charge in [0.05, 0.1) is 17.3 Å². The van der Waals surface area contributed by atoms with Gasteiger partial charge < -0.3 is 5.32 Å². The third kappa shape index (κ3) is 2.89. The molecule has 0 radical (unpaired) electrons. The number of nitrogens with one attached hydrogen (secondary N) is 1. The van der Waals surface area contributed by atoms with Crippen LogP contribution < -0.4 is 5.32 Å². The largest absolute Gasteiger partial charge is 0.369 e. The van der Waals surface area contributed by atoms with Crippen molar-refractivity contribution in [1.82, 2.24) is 9.78 Å². The zero-order chi connectivity index (χ0) is 18.9. The molecule has 3 nitrogen and oxygen atoms in total. The van der Waals surface area contributed by atoms with Gasteiger partial charge in [0.15, 0.2) is 0 Å². The van der Waals surface area contributed by atoms with Gasteiger partial charge in [-0.2, -0.15) is 5.10 Å². The predicted molar refractivity (Wildman–Crippen MR) is 114 cm³/mol. The quantitative estimate of drug-likeness (QED) is 0.530. The number of rotatable bonds is 4. The molecule has 3 aromatic carbocycles. The van der Waals surface area contributed by atoms with Gasteiger partial charge in [0, 0.05) is 12.1 Å². The van der Waals surface area contributed by atoms with Crippen molar-refractivity contribution in [3.05, 3.63) is 113 Å². The minimum Gasteiger partial charge on any atom is -0.369 e. The molecule has 0 aliphatic carbocycles. The summed E-state index contributed by atoms with van der Waals surface area (Å²) >= 11 is 0. The summed E-state index contributed by atoms with van der Waals surface area (Å²) in [6.07, 6.45) is 1.01. The van der Waals surface area contributed by atoms with Crippen molar-refractivity contribution >= 4 is 5.82 Å². The SMILES string of the molecule is Cc1ccc(-n2nc(C(c3ccccc3)c3ccccc3)c3c2NCC3)cc1. The number of aromatic nitrogens is 2. The summed E-state index contributed by atoms with van der Waals surface area (Å²) in [6, 6.07) is 30.0. The average molecular weight is 365 g/mol. The maximum absolute atomic E-state index is 5.14. The summed E-state index contributed by atoms with van der Waals surface area (Å²) in [7, 11) is 0. The van der Waals surface area contributed by atoms with Crippen molar-refractivity contribution in [2.75, 3.05) is 11.9 Å². The Kier molecular flexibility index (Phi) is 4.21. The lowest BCUT2D eigenvalue weighted by Crippen LogP contribution is -2.09. The number of benzene rings is 3. The van der Waals surface area contributed by atoms with Crippen molar-refractivity contribution in [2.24, 2.45) is 0 Å². The first kappa shape index (κ1) is 16.8. The maximum Gasteiger partial charge on any atom is 0.133 e. The molecule has 1 aliphatic rings. The molecule has 4 aromatic rings. The summed E-state index contributed by atoms with van der Waals surface area (Å²) in [5.74, 6) is 1.26. The van der Waals surface area contributed by atoms with Crippen molar-refractivity contribution < 1.29 is 0 Å². The van der Waals surface area contributed by atoms with Crippen molar-refractivity contribution in [1.29, 1.82) is 0 Å². The third-order valence-corrected chi connectivity index (χ3v) is 5.50. The van der Waals surface area contributed by atoms with Gasteiger partial charge >= 0.3 is 0 Å². The molecule has 138 valence electrons. The number of fused-ring (bicyclic) bond motifs is 1. The van der Waals surface area contributed by atoms with Crippen molar-refractivity contribution in [2.45, 2.75) is 19.3 Å². The molecule has 0 saturated carbocycles. The van der Waals surface area contributed by atoms with E-state index in [4.69, 9.17) is 5.10 Å². The van der Waals surface area contributed by atoms with Crippen LogP contribution in [0.3, 0.4) is 0 Å². The Morgan fingerprint density at radius 2 is 1.43 bits per heavy atom. The van der Waals surface area contributed by atoms with E-state index in [1.54, 1.807) is 0 Å². The zero-order valence-corrected chi connectivity index (χ0v) is 16.0. The first-order valence-electron chi connectivity index (χ1n) is 9.84. The Balaban J connectivity index is 1.70. The molecule has 0 atom stereocenters. The number of aryl methyl sites for hydroxylation is 1. The van der Waals surface area contributed by atoms with E-state index in [0.29, 0.717) is 0 Å². The minimum absolute atomic E-state index is 0.128. The van der Waals surface area contributed by atoms with Crippen LogP contribution in [-0.2, 0) is 6.42 Å².